The number of nitro groups is 1. The van der Waals surface area contributed by atoms with Crippen LogP contribution in [0, 0.1) is 15.9 Å². The molecule has 1 aliphatic rings. The second-order valence-electron chi connectivity index (χ2n) is 5.30. The first kappa shape index (κ1) is 18.2. The SMILES string of the molecule is O=C(/C=C/c1cc2c(cc1[N+](=O)[O-])OCO2)OCCOc1ccccc1F. The van der Waals surface area contributed by atoms with Crippen molar-refractivity contribution < 1.29 is 33.1 Å². The Labute approximate surface area is 152 Å². The van der Waals surface area contributed by atoms with E-state index in [0.29, 0.717) is 5.75 Å². The minimum Gasteiger partial charge on any atom is -0.487 e. The van der Waals surface area contributed by atoms with Crippen molar-refractivity contribution in [3.63, 3.8) is 0 Å². The van der Waals surface area contributed by atoms with Crippen molar-refractivity contribution in [1.29, 1.82) is 0 Å². The Bertz CT molecular complexity index is 897. The topological polar surface area (TPSA) is 97.1 Å². The lowest BCUT2D eigenvalue weighted by Crippen LogP contribution is -2.10. The summed E-state index contributed by atoms with van der Waals surface area (Å²) in [5.74, 6) is -0.559. The van der Waals surface area contributed by atoms with Gasteiger partial charge in [-0.2, -0.15) is 0 Å². The van der Waals surface area contributed by atoms with Gasteiger partial charge < -0.3 is 18.9 Å². The Morgan fingerprint density at radius 3 is 2.70 bits per heavy atom. The third kappa shape index (κ3) is 4.51. The predicted molar refractivity (Wildman–Crippen MR) is 91.1 cm³/mol. The highest BCUT2D eigenvalue weighted by Gasteiger charge is 2.22. The summed E-state index contributed by atoms with van der Waals surface area (Å²) in [4.78, 5) is 22.3. The van der Waals surface area contributed by atoms with E-state index in [1.54, 1.807) is 6.07 Å². The molecule has 0 radical (unpaired) electrons. The first-order valence-electron chi connectivity index (χ1n) is 7.85. The molecule has 0 unspecified atom stereocenters. The fraction of sp³-hybridized carbons (Fsp3) is 0.167. The van der Waals surface area contributed by atoms with Crippen LogP contribution in [0.2, 0.25) is 0 Å². The lowest BCUT2D eigenvalue weighted by atomic mass is 10.1. The highest BCUT2D eigenvalue weighted by molar-refractivity contribution is 5.88. The van der Waals surface area contributed by atoms with Gasteiger partial charge in [0, 0.05) is 6.08 Å². The molecule has 0 aromatic heterocycles. The molecule has 140 valence electrons. The zero-order valence-electron chi connectivity index (χ0n) is 13.9. The van der Waals surface area contributed by atoms with E-state index < -0.39 is 16.7 Å². The van der Waals surface area contributed by atoms with Crippen LogP contribution in [-0.4, -0.2) is 30.9 Å². The molecule has 8 nitrogen and oxygen atoms in total. The Morgan fingerprint density at radius 1 is 1.22 bits per heavy atom. The summed E-state index contributed by atoms with van der Waals surface area (Å²) in [7, 11) is 0. The number of carbonyl (C=O) groups is 1. The summed E-state index contributed by atoms with van der Waals surface area (Å²) < 4.78 is 33.7. The fourth-order valence-corrected chi connectivity index (χ4v) is 2.30. The molecule has 0 amide bonds. The predicted octanol–water partition coefficient (Wildman–Crippen LogP) is 3.10. The first-order valence-corrected chi connectivity index (χ1v) is 7.85. The maximum atomic E-state index is 13.4. The number of esters is 1. The van der Waals surface area contributed by atoms with E-state index in [0.717, 1.165) is 6.08 Å². The number of hydrogen-bond acceptors (Lipinski definition) is 7. The van der Waals surface area contributed by atoms with Gasteiger partial charge in [-0.1, -0.05) is 12.1 Å². The minimum absolute atomic E-state index is 0.0241. The van der Waals surface area contributed by atoms with E-state index in [1.807, 2.05) is 0 Å². The van der Waals surface area contributed by atoms with Crippen molar-refractivity contribution in [1.82, 2.24) is 0 Å². The van der Waals surface area contributed by atoms with Gasteiger partial charge in [0.2, 0.25) is 6.79 Å². The Balaban J connectivity index is 1.55. The van der Waals surface area contributed by atoms with Gasteiger partial charge in [0.15, 0.2) is 23.1 Å². The van der Waals surface area contributed by atoms with Crippen molar-refractivity contribution in [3.05, 3.63) is 64.0 Å². The highest BCUT2D eigenvalue weighted by Crippen LogP contribution is 2.38. The molecule has 2 aromatic carbocycles. The first-order chi connectivity index (χ1) is 13.0. The van der Waals surface area contributed by atoms with Crippen molar-refractivity contribution in [2.45, 2.75) is 0 Å². The van der Waals surface area contributed by atoms with Crippen LogP contribution in [0.25, 0.3) is 6.08 Å². The number of halogens is 1. The zero-order chi connectivity index (χ0) is 19.2. The molecule has 0 saturated heterocycles. The molecule has 1 heterocycles. The molecule has 0 fully saturated rings. The molecule has 27 heavy (non-hydrogen) atoms. The standard InChI is InChI=1S/C18H14FNO7/c19-13-3-1-2-4-15(13)24-7-8-25-18(21)6-5-12-9-16-17(27-11-26-16)10-14(12)20(22)23/h1-6,9-10H,7-8,11H2/b6-5+. The van der Waals surface area contributed by atoms with Crippen LogP contribution in [0.15, 0.2) is 42.5 Å². The monoisotopic (exact) mass is 375 g/mol. The molecule has 0 spiro atoms. The van der Waals surface area contributed by atoms with Crippen LogP contribution in [0.5, 0.6) is 17.2 Å². The van der Waals surface area contributed by atoms with Crippen molar-refractivity contribution in [3.8, 4) is 17.2 Å². The van der Waals surface area contributed by atoms with E-state index in [4.69, 9.17) is 18.9 Å². The van der Waals surface area contributed by atoms with Gasteiger partial charge in [0.1, 0.15) is 13.2 Å². The van der Waals surface area contributed by atoms with Gasteiger partial charge in [-0.05, 0) is 24.3 Å². The van der Waals surface area contributed by atoms with E-state index in [-0.39, 0.29) is 42.8 Å². The van der Waals surface area contributed by atoms with E-state index >= 15 is 0 Å². The zero-order valence-corrected chi connectivity index (χ0v) is 13.9. The van der Waals surface area contributed by atoms with Gasteiger partial charge in [0.05, 0.1) is 16.6 Å². The highest BCUT2D eigenvalue weighted by atomic mass is 19.1. The van der Waals surface area contributed by atoms with E-state index in [2.05, 4.69) is 0 Å². The summed E-state index contributed by atoms with van der Waals surface area (Å²) >= 11 is 0. The van der Waals surface area contributed by atoms with Crippen molar-refractivity contribution >= 4 is 17.7 Å². The molecule has 2 aromatic rings. The number of para-hydroxylation sites is 1. The second-order valence-corrected chi connectivity index (χ2v) is 5.30. The van der Waals surface area contributed by atoms with Gasteiger partial charge in [-0.25, -0.2) is 9.18 Å². The summed E-state index contributed by atoms with van der Waals surface area (Å²) in [6, 6.07) is 8.49. The molecule has 1 aliphatic heterocycles. The summed E-state index contributed by atoms with van der Waals surface area (Å²) in [5.41, 5.74) is -0.0602. The third-order valence-electron chi connectivity index (χ3n) is 3.54. The van der Waals surface area contributed by atoms with Crippen molar-refractivity contribution in [2.75, 3.05) is 20.0 Å². The smallest absolute Gasteiger partial charge is 0.330 e. The number of benzene rings is 2. The molecule has 0 saturated carbocycles. The van der Waals surface area contributed by atoms with Crippen LogP contribution < -0.4 is 14.2 Å². The van der Waals surface area contributed by atoms with Crippen molar-refractivity contribution in [2.24, 2.45) is 0 Å². The van der Waals surface area contributed by atoms with E-state index in [1.165, 1.54) is 36.4 Å². The maximum Gasteiger partial charge on any atom is 0.330 e. The number of hydrogen-bond donors (Lipinski definition) is 0. The van der Waals surface area contributed by atoms with Gasteiger partial charge in [-0.15, -0.1) is 0 Å². The van der Waals surface area contributed by atoms with Gasteiger partial charge >= 0.3 is 5.97 Å². The third-order valence-corrected chi connectivity index (χ3v) is 3.54. The number of nitrogens with zero attached hydrogens (tertiary/aromatic N) is 1. The quantitative estimate of drug-likeness (QED) is 0.241. The molecular formula is C18H14FNO7. The average molecular weight is 375 g/mol. The van der Waals surface area contributed by atoms with Crippen LogP contribution in [0.4, 0.5) is 10.1 Å². The minimum atomic E-state index is -0.723. The van der Waals surface area contributed by atoms with Crippen LogP contribution >= 0.6 is 0 Å². The second kappa shape index (κ2) is 8.17. The Morgan fingerprint density at radius 2 is 1.96 bits per heavy atom. The molecule has 3 rings (SSSR count). The molecule has 0 bridgehead atoms. The normalized spacial score (nSPS) is 12.2. The molecule has 0 aliphatic carbocycles. The average Bonchev–Trinajstić information content (AvgIpc) is 3.11. The number of fused-ring (bicyclic) bond motifs is 1. The summed E-state index contributed by atoms with van der Waals surface area (Å²) in [6.45, 7) is -0.171. The van der Waals surface area contributed by atoms with Gasteiger partial charge in [0.25, 0.3) is 5.69 Å². The number of ether oxygens (including phenoxy) is 4. The lowest BCUT2D eigenvalue weighted by molar-refractivity contribution is -0.385. The summed E-state index contributed by atoms with van der Waals surface area (Å²) in [5, 5.41) is 11.2. The largest absolute Gasteiger partial charge is 0.487 e. The number of carbonyl (C=O) groups excluding carboxylic acids is 1. The molecule has 0 atom stereocenters. The van der Waals surface area contributed by atoms with Crippen LogP contribution in [-0.2, 0) is 9.53 Å². The number of rotatable bonds is 7. The van der Waals surface area contributed by atoms with E-state index in [9.17, 15) is 19.3 Å². The fourth-order valence-electron chi connectivity index (χ4n) is 2.30. The van der Waals surface area contributed by atoms with Crippen LogP contribution in [0.3, 0.4) is 0 Å². The van der Waals surface area contributed by atoms with Gasteiger partial charge in [-0.3, -0.25) is 10.1 Å². The Hall–Kier alpha value is -3.62. The molecule has 9 heteroatoms. The molecule has 0 N–H and O–H groups in total. The summed E-state index contributed by atoms with van der Waals surface area (Å²) in [6.07, 6.45) is 2.30. The molecular weight excluding hydrogens is 361 g/mol. The number of nitro benzene ring substituents is 1. The maximum absolute atomic E-state index is 13.4. The lowest BCUT2D eigenvalue weighted by Gasteiger charge is -2.06. The van der Waals surface area contributed by atoms with Crippen LogP contribution in [0.1, 0.15) is 5.56 Å². The Kier molecular flexibility index (Phi) is 5.50.